The predicted molar refractivity (Wildman–Crippen MR) is 77.8 cm³/mol. The fourth-order valence-corrected chi connectivity index (χ4v) is 2.70. The van der Waals surface area contributed by atoms with E-state index in [1.807, 2.05) is 23.9 Å². The molecule has 96 valence electrons. The van der Waals surface area contributed by atoms with Crippen molar-refractivity contribution in [1.82, 2.24) is 5.32 Å². The Morgan fingerprint density at radius 1 is 1.17 bits per heavy atom. The molecule has 1 aromatic heterocycles. The van der Waals surface area contributed by atoms with Gasteiger partial charge in [-0.15, -0.1) is 0 Å². The number of nitrogens with one attached hydrogen (secondary N) is 1. The first kappa shape index (κ1) is 13.2. The zero-order chi connectivity index (χ0) is 12.6. The Bertz CT molecular complexity index is 453. The lowest BCUT2D eigenvalue weighted by molar-refractivity contribution is 0.488. The Balaban J connectivity index is 1.58. The molecular weight excluding hydrogens is 242 g/mol. The van der Waals surface area contributed by atoms with Crippen LogP contribution in [0.4, 0.5) is 0 Å². The molecule has 2 aromatic rings. The fraction of sp³-hybridized carbons (Fsp3) is 0.333. The van der Waals surface area contributed by atoms with Gasteiger partial charge in [0.15, 0.2) is 0 Å². The van der Waals surface area contributed by atoms with Crippen LogP contribution in [0.3, 0.4) is 0 Å². The van der Waals surface area contributed by atoms with Crippen LogP contribution in [0.1, 0.15) is 16.9 Å². The molecule has 0 aliphatic heterocycles. The first-order chi connectivity index (χ1) is 8.86. The summed E-state index contributed by atoms with van der Waals surface area (Å²) in [5.41, 5.74) is 2.82. The summed E-state index contributed by atoms with van der Waals surface area (Å²) in [7, 11) is 0. The molecule has 0 bridgehead atoms. The Labute approximate surface area is 113 Å². The largest absolute Gasteiger partial charge is 0.468 e. The maximum atomic E-state index is 5.26. The van der Waals surface area contributed by atoms with Crippen LogP contribution in [0, 0.1) is 6.92 Å². The van der Waals surface area contributed by atoms with Gasteiger partial charge < -0.3 is 9.73 Å². The Hall–Kier alpha value is -1.19. The predicted octanol–water partition coefficient (Wildman–Crippen LogP) is 3.61. The molecule has 0 radical (unpaired) electrons. The van der Waals surface area contributed by atoms with Gasteiger partial charge in [-0.25, -0.2) is 0 Å². The van der Waals surface area contributed by atoms with E-state index in [1.165, 1.54) is 11.1 Å². The van der Waals surface area contributed by atoms with Crippen molar-refractivity contribution in [3.63, 3.8) is 0 Å². The van der Waals surface area contributed by atoms with Crippen molar-refractivity contribution in [3.8, 4) is 0 Å². The summed E-state index contributed by atoms with van der Waals surface area (Å²) in [4.78, 5) is 0. The molecular formula is C15H19NOS. The topological polar surface area (TPSA) is 25.2 Å². The summed E-state index contributed by atoms with van der Waals surface area (Å²) in [6.07, 6.45) is 1.71. The standard InChI is InChI=1S/C15H19NOS/c1-13-5-2-3-6-14(13)12-18-10-8-16-11-15-7-4-9-17-15/h2-7,9,16H,8,10-12H2,1H3. The second-order valence-electron chi connectivity index (χ2n) is 4.24. The lowest BCUT2D eigenvalue weighted by atomic mass is 10.1. The molecule has 3 heteroatoms. The second kappa shape index (κ2) is 7.29. The van der Waals surface area contributed by atoms with Crippen molar-refractivity contribution in [2.45, 2.75) is 19.2 Å². The summed E-state index contributed by atoms with van der Waals surface area (Å²) in [6, 6.07) is 12.5. The minimum atomic E-state index is 0.817. The molecule has 1 N–H and O–H groups in total. The third-order valence-electron chi connectivity index (χ3n) is 2.82. The highest BCUT2D eigenvalue weighted by Crippen LogP contribution is 2.15. The van der Waals surface area contributed by atoms with Crippen molar-refractivity contribution >= 4 is 11.8 Å². The average Bonchev–Trinajstić information content (AvgIpc) is 2.89. The summed E-state index contributed by atoms with van der Waals surface area (Å²) >= 11 is 1.96. The van der Waals surface area contributed by atoms with Crippen LogP contribution in [0.2, 0.25) is 0 Å². The van der Waals surface area contributed by atoms with Gasteiger partial charge in [0.05, 0.1) is 12.8 Å². The summed E-state index contributed by atoms with van der Waals surface area (Å²) in [5.74, 6) is 3.21. The minimum absolute atomic E-state index is 0.817. The van der Waals surface area contributed by atoms with Crippen LogP contribution in [0.15, 0.2) is 47.1 Å². The third-order valence-corrected chi connectivity index (χ3v) is 3.83. The van der Waals surface area contributed by atoms with Gasteiger partial charge >= 0.3 is 0 Å². The number of rotatable bonds is 7. The summed E-state index contributed by atoms with van der Waals surface area (Å²) in [6.45, 7) is 4.00. The van der Waals surface area contributed by atoms with Crippen LogP contribution < -0.4 is 5.32 Å². The van der Waals surface area contributed by atoms with Crippen LogP contribution in [0.5, 0.6) is 0 Å². The van der Waals surface area contributed by atoms with Crippen molar-refractivity contribution in [2.75, 3.05) is 12.3 Å². The van der Waals surface area contributed by atoms with Crippen LogP contribution >= 0.6 is 11.8 Å². The van der Waals surface area contributed by atoms with Gasteiger partial charge in [0, 0.05) is 18.1 Å². The number of thioether (sulfide) groups is 1. The molecule has 2 nitrogen and oxygen atoms in total. The lowest BCUT2D eigenvalue weighted by Crippen LogP contribution is -2.16. The Kier molecular flexibility index (Phi) is 5.36. The van der Waals surface area contributed by atoms with Crippen LogP contribution in [0.25, 0.3) is 0 Å². The van der Waals surface area contributed by atoms with Crippen molar-refractivity contribution in [1.29, 1.82) is 0 Å². The number of aryl methyl sites for hydroxylation is 1. The lowest BCUT2D eigenvalue weighted by Gasteiger charge is -2.06. The maximum Gasteiger partial charge on any atom is 0.117 e. The van der Waals surface area contributed by atoms with E-state index in [9.17, 15) is 0 Å². The van der Waals surface area contributed by atoms with Crippen molar-refractivity contribution in [3.05, 3.63) is 59.5 Å². The van der Waals surface area contributed by atoms with Crippen LogP contribution in [-0.2, 0) is 12.3 Å². The van der Waals surface area contributed by atoms with Crippen molar-refractivity contribution < 1.29 is 4.42 Å². The highest BCUT2D eigenvalue weighted by atomic mass is 32.2. The fourth-order valence-electron chi connectivity index (χ4n) is 1.72. The highest BCUT2D eigenvalue weighted by Gasteiger charge is 1.98. The van der Waals surface area contributed by atoms with E-state index in [2.05, 4.69) is 36.5 Å². The van der Waals surface area contributed by atoms with E-state index in [1.54, 1.807) is 6.26 Å². The minimum Gasteiger partial charge on any atom is -0.468 e. The quantitative estimate of drug-likeness (QED) is 0.771. The normalized spacial score (nSPS) is 10.7. The third kappa shape index (κ3) is 4.24. The molecule has 0 fully saturated rings. The molecule has 18 heavy (non-hydrogen) atoms. The average molecular weight is 261 g/mol. The van der Waals surface area contributed by atoms with Gasteiger partial charge in [-0.05, 0) is 30.2 Å². The van der Waals surface area contributed by atoms with E-state index in [0.717, 1.165) is 30.4 Å². The monoisotopic (exact) mass is 261 g/mol. The Morgan fingerprint density at radius 2 is 2.06 bits per heavy atom. The Morgan fingerprint density at radius 3 is 2.83 bits per heavy atom. The molecule has 0 spiro atoms. The number of furan rings is 1. The summed E-state index contributed by atoms with van der Waals surface area (Å²) in [5, 5.41) is 3.37. The summed E-state index contributed by atoms with van der Waals surface area (Å²) < 4.78 is 5.26. The van der Waals surface area contributed by atoms with Gasteiger partial charge in [-0.3, -0.25) is 0 Å². The zero-order valence-electron chi connectivity index (χ0n) is 10.7. The molecule has 0 atom stereocenters. The first-order valence-corrected chi connectivity index (χ1v) is 7.37. The van der Waals surface area contributed by atoms with E-state index in [4.69, 9.17) is 4.42 Å². The highest BCUT2D eigenvalue weighted by molar-refractivity contribution is 7.98. The molecule has 1 heterocycles. The molecule has 0 aliphatic rings. The first-order valence-electron chi connectivity index (χ1n) is 6.21. The van der Waals surface area contributed by atoms with Gasteiger partial charge in [-0.1, -0.05) is 24.3 Å². The van der Waals surface area contributed by atoms with Gasteiger partial charge in [-0.2, -0.15) is 11.8 Å². The SMILES string of the molecule is Cc1ccccc1CSCCNCc1ccco1. The number of hydrogen-bond donors (Lipinski definition) is 1. The molecule has 1 aromatic carbocycles. The van der Waals surface area contributed by atoms with Crippen molar-refractivity contribution in [2.24, 2.45) is 0 Å². The number of hydrogen-bond acceptors (Lipinski definition) is 3. The van der Waals surface area contributed by atoms with Gasteiger partial charge in [0.2, 0.25) is 0 Å². The van der Waals surface area contributed by atoms with E-state index in [0.29, 0.717) is 0 Å². The van der Waals surface area contributed by atoms with Crippen LogP contribution in [-0.4, -0.2) is 12.3 Å². The zero-order valence-corrected chi connectivity index (χ0v) is 11.5. The smallest absolute Gasteiger partial charge is 0.117 e. The van der Waals surface area contributed by atoms with Gasteiger partial charge in [0.1, 0.15) is 5.76 Å². The molecule has 0 saturated heterocycles. The molecule has 0 aliphatic carbocycles. The van der Waals surface area contributed by atoms with E-state index in [-0.39, 0.29) is 0 Å². The molecule has 0 saturated carbocycles. The molecule has 0 unspecified atom stereocenters. The molecule has 2 rings (SSSR count). The second-order valence-corrected chi connectivity index (χ2v) is 5.34. The van der Waals surface area contributed by atoms with Gasteiger partial charge in [0.25, 0.3) is 0 Å². The van der Waals surface area contributed by atoms with E-state index >= 15 is 0 Å². The maximum absolute atomic E-state index is 5.26. The molecule has 0 amide bonds. The van der Waals surface area contributed by atoms with E-state index < -0.39 is 0 Å². The number of benzene rings is 1.